The molecule has 0 radical (unpaired) electrons. The standard InChI is InChI=1S/C7H12N2/c1-3-7(2)4-5-9-6-8/h4-6H,2-3H2,1H3,(H2,8,9)/b5-4-. The second-order valence-corrected chi connectivity index (χ2v) is 1.63. The minimum absolute atomic E-state index is 0.955. The Bertz CT molecular complexity index is 134. The quantitative estimate of drug-likeness (QED) is 0.345. The third kappa shape index (κ3) is 4.81. The van der Waals surface area contributed by atoms with Crippen LogP contribution in [0.3, 0.4) is 0 Å². The van der Waals surface area contributed by atoms with Gasteiger partial charge in [-0.15, -0.1) is 0 Å². The van der Waals surface area contributed by atoms with E-state index in [0.717, 1.165) is 12.0 Å². The minimum atomic E-state index is 0.955. The molecule has 2 heteroatoms. The zero-order chi connectivity index (χ0) is 7.11. The summed E-state index contributed by atoms with van der Waals surface area (Å²) >= 11 is 0. The van der Waals surface area contributed by atoms with E-state index in [1.165, 1.54) is 6.34 Å². The molecule has 9 heavy (non-hydrogen) atoms. The smallest absolute Gasteiger partial charge is 0.0852 e. The monoisotopic (exact) mass is 124 g/mol. The van der Waals surface area contributed by atoms with E-state index in [0.29, 0.717) is 0 Å². The maximum absolute atomic E-state index is 4.98. The minimum Gasteiger partial charge on any atom is -0.390 e. The number of hydrogen-bond acceptors (Lipinski definition) is 1. The van der Waals surface area contributed by atoms with Crippen molar-refractivity contribution in [2.75, 3.05) is 0 Å². The van der Waals surface area contributed by atoms with Crippen molar-refractivity contribution < 1.29 is 0 Å². The van der Waals surface area contributed by atoms with Crippen molar-refractivity contribution >= 4 is 6.34 Å². The van der Waals surface area contributed by atoms with Crippen LogP contribution in [0.2, 0.25) is 0 Å². The topological polar surface area (TPSA) is 38.4 Å². The van der Waals surface area contributed by atoms with Crippen LogP contribution in [0.4, 0.5) is 0 Å². The number of allylic oxidation sites excluding steroid dienone is 2. The fraction of sp³-hybridized carbons (Fsp3) is 0.286. The highest BCUT2D eigenvalue weighted by molar-refractivity contribution is 5.52. The van der Waals surface area contributed by atoms with E-state index < -0.39 is 0 Å². The Morgan fingerprint density at radius 3 is 2.89 bits per heavy atom. The molecule has 0 aromatic heterocycles. The zero-order valence-corrected chi connectivity index (χ0v) is 5.67. The van der Waals surface area contributed by atoms with Crippen LogP contribution in [-0.4, -0.2) is 6.34 Å². The van der Waals surface area contributed by atoms with Gasteiger partial charge in [-0.25, -0.2) is 4.99 Å². The molecule has 0 heterocycles. The Morgan fingerprint density at radius 1 is 1.78 bits per heavy atom. The third-order valence-corrected chi connectivity index (χ3v) is 0.936. The summed E-state index contributed by atoms with van der Waals surface area (Å²) in [4.78, 5) is 3.67. The van der Waals surface area contributed by atoms with E-state index in [9.17, 15) is 0 Å². The molecule has 0 unspecified atom stereocenters. The van der Waals surface area contributed by atoms with Crippen molar-refractivity contribution in [2.45, 2.75) is 13.3 Å². The normalized spacial score (nSPS) is 11.2. The van der Waals surface area contributed by atoms with Gasteiger partial charge in [-0.1, -0.05) is 19.1 Å². The second kappa shape index (κ2) is 5.09. The first-order valence-corrected chi connectivity index (χ1v) is 2.89. The molecule has 0 aromatic rings. The molecule has 0 fully saturated rings. The Labute approximate surface area is 55.8 Å². The number of aliphatic imine (C=N–C) groups is 1. The molecule has 0 rings (SSSR count). The highest BCUT2D eigenvalue weighted by atomic mass is 14.8. The molecule has 2 N–H and O–H groups in total. The molecule has 0 aliphatic heterocycles. The van der Waals surface area contributed by atoms with Gasteiger partial charge in [0, 0.05) is 6.20 Å². The summed E-state index contributed by atoms with van der Waals surface area (Å²) in [5.41, 5.74) is 6.04. The van der Waals surface area contributed by atoms with E-state index >= 15 is 0 Å². The van der Waals surface area contributed by atoms with Gasteiger partial charge in [-0.05, 0) is 12.5 Å². The molecule has 0 aliphatic rings. The molecule has 0 saturated carbocycles. The van der Waals surface area contributed by atoms with Gasteiger partial charge in [0.1, 0.15) is 0 Å². The summed E-state index contributed by atoms with van der Waals surface area (Å²) in [6.07, 6.45) is 5.67. The van der Waals surface area contributed by atoms with Gasteiger partial charge in [-0.2, -0.15) is 0 Å². The average Bonchev–Trinajstić information content (AvgIpc) is 1.89. The molecular weight excluding hydrogens is 112 g/mol. The van der Waals surface area contributed by atoms with Crippen molar-refractivity contribution in [2.24, 2.45) is 10.7 Å². The Kier molecular flexibility index (Phi) is 4.50. The zero-order valence-electron chi connectivity index (χ0n) is 5.67. The first-order chi connectivity index (χ1) is 4.31. The first kappa shape index (κ1) is 7.95. The van der Waals surface area contributed by atoms with E-state index in [4.69, 9.17) is 5.73 Å². The van der Waals surface area contributed by atoms with Crippen LogP contribution in [-0.2, 0) is 0 Å². The molecule has 0 atom stereocenters. The highest BCUT2D eigenvalue weighted by Crippen LogP contribution is 1.96. The van der Waals surface area contributed by atoms with Gasteiger partial charge in [0.15, 0.2) is 0 Å². The molecule has 0 bridgehead atoms. The summed E-state index contributed by atoms with van der Waals surface area (Å²) in [6.45, 7) is 5.78. The van der Waals surface area contributed by atoms with Gasteiger partial charge in [-0.3, -0.25) is 0 Å². The summed E-state index contributed by atoms with van der Waals surface area (Å²) in [5, 5.41) is 0. The molecular formula is C7H12N2. The van der Waals surface area contributed by atoms with Crippen molar-refractivity contribution in [1.82, 2.24) is 0 Å². The van der Waals surface area contributed by atoms with Crippen LogP contribution in [0.25, 0.3) is 0 Å². The lowest BCUT2D eigenvalue weighted by molar-refractivity contribution is 1.16. The Hall–Kier alpha value is -1.05. The number of nitrogens with two attached hydrogens (primary N) is 1. The summed E-state index contributed by atoms with van der Waals surface area (Å²) in [7, 11) is 0. The van der Waals surface area contributed by atoms with E-state index in [2.05, 4.69) is 11.6 Å². The number of rotatable bonds is 3. The lowest BCUT2D eigenvalue weighted by atomic mass is 10.2. The van der Waals surface area contributed by atoms with E-state index in [-0.39, 0.29) is 0 Å². The van der Waals surface area contributed by atoms with Crippen LogP contribution >= 0.6 is 0 Å². The van der Waals surface area contributed by atoms with Crippen molar-refractivity contribution in [3.8, 4) is 0 Å². The maximum Gasteiger partial charge on any atom is 0.0852 e. The third-order valence-electron chi connectivity index (χ3n) is 0.936. The van der Waals surface area contributed by atoms with Crippen LogP contribution in [0.5, 0.6) is 0 Å². The van der Waals surface area contributed by atoms with Crippen LogP contribution in [0.15, 0.2) is 29.4 Å². The SMILES string of the molecule is C=C(/C=C\N=CN)CC. The van der Waals surface area contributed by atoms with E-state index in [1.54, 1.807) is 6.20 Å². The average molecular weight is 124 g/mol. The molecule has 0 saturated heterocycles. The van der Waals surface area contributed by atoms with Crippen LogP contribution in [0, 0.1) is 0 Å². The molecule has 2 nitrogen and oxygen atoms in total. The lowest BCUT2D eigenvalue weighted by Gasteiger charge is -1.86. The predicted molar refractivity (Wildman–Crippen MR) is 41.3 cm³/mol. The summed E-state index contributed by atoms with van der Waals surface area (Å²) < 4.78 is 0. The molecule has 0 aromatic carbocycles. The predicted octanol–water partition coefficient (Wildman–Crippen LogP) is 1.45. The fourth-order valence-electron chi connectivity index (χ4n) is 0.316. The van der Waals surface area contributed by atoms with Crippen molar-refractivity contribution in [3.05, 3.63) is 24.4 Å². The largest absolute Gasteiger partial charge is 0.390 e. The Morgan fingerprint density at radius 2 is 2.44 bits per heavy atom. The molecule has 50 valence electrons. The van der Waals surface area contributed by atoms with Crippen LogP contribution in [0.1, 0.15) is 13.3 Å². The van der Waals surface area contributed by atoms with Gasteiger partial charge in [0.2, 0.25) is 0 Å². The molecule has 0 aliphatic carbocycles. The van der Waals surface area contributed by atoms with Crippen molar-refractivity contribution in [3.63, 3.8) is 0 Å². The number of hydrogen-bond donors (Lipinski definition) is 1. The van der Waals surface area contributed by atoms with E-state index in [1.807, 2.05) is 13.0 Å². The first-order valence-electron chi connectivity index (χ1n) is 2.89. The second-order valence-electron chi connectivity index (χ2n) is 1.63. The number of nitrogens with zero attached hydrogens (tertiary/aromatic N) is 1. The van der Waals surface area contributed by atoms with Crippen LogP contribution < -0.4 is 5.73 Å². The summed E-state index contributed by atoms with van der Waals surface area (Å²) in [5.74, 6) is 0. The Balaban J connectivity index is 3.57. The van der Waals surface area contributed by atoms with Gasteiger partial charge < -0.3 is 5.73 Å². The van der Waals surface area contributed by atoms with Gasteiger partial charge in [0.25, 0.3) is 0 Å². The van der Waals surface area contributed by atoms with Gasteiger partial charge >= 0.3 is 0 Å². The molecule has 0 spiro atoms. The maximum atomic E-state index is 4.98. The highest BCUT2D eigenvalue weighted by Gasteiger charge is 1.76. The lowest BCUT2D eigenvalue weighted by Crippen LogP contribution is -1.85. The van der Waals surface area contributed by atoms with Crippen molar-refractivity contribution in [1.29, 1.82) is 0 Å². The fourth-order valence-corrected chi connectivity index (χ4v) is 0.316. The van der Waals surface area contributed by atoms with Gasteiger partial charge in [0.05, 0.1) is 6.34 Å². The molecule has 0 amide bonds. The summed E-state index contributed by atoms with van der Waals surface area (Å²) in [6, 6.07) is 0.